The van der Waals surface area contributed by atoms with Gasteiger partial charge >= 0.3 is 0 Å². The van der Waals surface area contributed by atoms with Crippen LogP contribution in [0.2, 0.25) is 0 Å². The lowest BCUT2D eigenvalue weighted by atomic mass is 10.2. The van der Waals surface area contributed by atoms with E-state index in [0.717, 1.165) is 29.5 Å². The number of hydrogen-bond donors (Lipinski definition) is 2. The summed E-state index contributed by atoms with van der Waals surface area (Å²) in [5, 5.41) is 6.42. The Hall–Kier alpha value is -2.30. The molecule has 1 aromatic heterocycles. The van der Waals surface area contributed by atoms with Crippen LogP contribution in [0.5, 0.6) is 5.75 Å². The molecule has 0 aliphatic heterocycles. The van der Waals surface area contributed by atoms with Crippen LogP contribution >= 0.6 is 0 Å². The maximum Gasteiger partial charge on any atom is 0.131 e. The third-order valence-corrected chi connectivity index (χ3v) is 2.68. The highest BCUT2D eigenvalue weighted by Crippen LogP contribution is 2.18. The molecule has 2 N–H and O–H groups in total. The van der Waals surface area contributed by atoms with E-state index in [9.17, 15) is 0 Å². The van der Waals surface area contributed by atoms with Gasteiger partial charge < -0.3 is 15.4 Å². The van der Waals surface area contributed by atoms with Crippen molar-refractivity contribution in [2.75, 3.05) is 24.3 Å². The molecule has 0 saturated carbocycles. The van der Waals surface area contributed by atoms with Crippen LogP contribution in [0.15, 0.2) is 36.7 Å². The number of anilines is 2. The Kier molecular flexibility index (Phi) is 4.55. The molecule has 0 aliphatic rings. The minimum atomic E-state index is 0.659. The largest absolute Gasteiger partial charge is 0.496 e. The van der Waals surface area contributed by atoms with Gasteiger partial charge in [-0.25, -0.2) is 9.97 Å². The SMILES string of the molecule is CCNc1cc(NCc2ccccc2OC)ncn1. The quantitative estimate of drug-likeness (QED) is 0.833. The monoisotopic (exact) mass is 258 g/mol. The molecule has 0 radical (unpaired) electrons. The summed E-state index contributed by atoms with van der Waals surface area (Å²) in [6, 6.07) is 9.80. The normalized spacial score (nSPS) is 10.0. The molecule has 5 nitrogen and oxygen atoms in total. The van der Waals surface area contributed by atoms with Gasteiger partial charge in [0.2, 0.25) is 0 Å². The number of nitrogens with one attached hydrogen (secondary N) is 2. The molecule has 0 aliphatic carbocycles. The van der Waals surface area contributed by atoms with E-state index in [1.165, 1.54) is 0 Å². The van der Waals surface area contributed by atoms with Crippen LogP contribution in [0.1, 0.15) is 12.5 Å². The summed E-state index contributed by atoms with van der Waals surface area (Å²) >= 11 is 0. The zero-order valence-electron chi connectivity index (χ0n) is 11.2. The summed E-state index contributed by atoms with van der Waals surface area (Å²) in [6.45, 7) is 3.53. The molecular weight excluding hydrogens is 240 g/mol. The van der Waals surface area contributed by atoms with Gasteiger partial charge in [-0.3, -0.25) is 0 Å². The lowest BCUT2D eigenvalue weighted by Crippen LogP contribution is -2.05. The Morgan fingerprint density at radius 1 is 1.11 bits per heavy atom. The van der Waals surface area contributed by atoms with Crippen LogP contribution in [0.3, 0.4) is 0 Å². The van der Waals surface area contributed by atoms with Crippen LogP contribution in [0.4, 0.5) is 11.6 Å². The van der Waals surface area contributed by atoms with Crippen molar-refractivity contribution in [3.05, 3.63) is 42.2 Å². The predicted octanol–water partition coefficient (Wildman–Crippen LogP) is 2.53. The van der Waals surface area contributed by atoms with Gasteiger partial charge in [-0.05, 0) is 13.0 Å². The molecular formula is C14H18N4O. The fourth-order valence-electron chi connectivity index (χ4n) is 1.77. The van der Waals surface area contributed by atoms with E-state index in [0.29, 0.717) is 6.54 Å². The van der Waals surface area contributed by atoms with Crippen LogP contribution in [0, 0.1) is 0 Å². The minimum Gasteiger partial charge on any atom is -0.496 e. The van der Waals surface area contributed by atoms with Crippen molar-refractivity contribution in [3.63, 3.8) is 0 Å². The predicted molar refractivity (Wildman–Crippen MR) is 76.5 cm³/mol. The van der Waals surface area contributed by atoms with Gasteiger partial charge in [-0.15, -0.1) is 0 Å². The highest BCUT2D eigenvalue weighted by molar-refractivity contribution is 5.47. The summed E-state index contributed by atoms with van der Waals surface area (Å²) in [7, 11) is 1.67. The van der Waals surface area contributed by atoms with E-state index in [4.69, 9.17) is 4.74 Å². The average molecular weight is 258 g/mol. The van der Waals surface area contributed by atoms with Gasteiger partial charge in [0.05, 0.1) is 7.11 Å². The van der Waals surface area contributed by atoms with Crippen LogP contribution < -0.4 is 15.4 Å². The molecule has 0 bridgehead atoms. The third-order valence-electron chi connectivity index (χ3n) is 2.68. The van der Waals surface area contributed by atoms with E-state index in [-0.39, 0.29) is 0 Å². The zero-order chi connectivity index (χ0) is 13.5. The molecule has 0 amide bonds. The van der Waals surface area contributed by atoms with Gasteiger partial charge in [0.15, 0.2) is 0 Å². The van der Waals surface area contributed by atoms with Crippen molar-refractivity contribution in [1.82, 2.24) is 9.97 Å². The molecule has 0 unspecified atom stereocenters. The number of nitrogens with zero attached hydrogens (tertiary/aromatic N) is 2. The Labute approximate surface area is 113 Å². The Bertz CT molecular complexity index is 530. The maximum atomic E-state index is 5.31. The van der Waals surface area contributed by atoms with Gasteiger partial charge in [0, 0.05) is 24.7 Å². The molecule has 0 atom stereocenters. The van der Waals surface area contributed by atoms with Crippen molar-refractivity contribution in [3.8, 4) is 5.75 Å². The van der Waals surface area contributed by atoms with Crippen molar-refractivity contribution >= 4 is 11.6 Å². The second-order valence-electron chi connectivity index (χ2n) is 3.98. The number of aromatic nitrogens is 2. The number of ether oxygens (including phenoxy) is 1. The van der Waals surface area contributed by atoms with E-state index < -0.39 is 0 Å². The van der Waals surface area contributed by atoms with Crippen molar-refractivity contribution < 1.29 is 4.74 Å². The van der Waals surface area contributed by atoms with Crippen molar-refractivity contribution in [2.45, 2.75) is 13.5 Å². The van der Waals surface area contributed by atoms with Gasteiger partial charge in [0.25, 0.3) is 0 Å². The Morgan fingerprint density at radius 3 is 2.58 bits per heavy atom. The Balaban J connectivity index is 2.03. The second-order valence-corrected chi connectivity index (χ2v) is 3.98. The highest BCUT2D eigenvalue weighted by Gasteiger charge is 2.02. The number of methoxy groups -OCH3 is 1. The lowest BCUT2D eigenvalue weighted by molar-refractivity contribution is 0.410. The average Bonchev–Trinajstić information content (AvgIpc) is 2.46. The van der Waals surface area contributed by atoms with Gasteiger partial charge in [-0.1, -0.05) is 18.2 Å². The molecule has 0 spiro atoms. The summed E-state index contributed by atoms with van der Waals surface area (Å²) in [5.41, 5.74) is 1.09. The zero-order valence-corrected chi connectivity index (χ0v) is 11.2. The number of para-hydroxylation sites is 1. The molecule has 0 fully saturated rings. The standard InChI is InChI=1S/C14H18N4O/c1-3-15-13-8-14(18-10-17-13)16-9-11-6-4-5-7-12(11)19-2/h4-8,10H,3,9H2,1-2H3,(H2,15,16,17,18). The molecule has 2 aromatic rings. The summed E-state index contributed by atoms with van der Waals surface area (Å²) < 4.78 is 5.31. The molecule has 1 aromatic carbocycles. The maximum absolute atomic E-state index is 5.31. The first kappa shape index (κ1) is 13.1. The van der Waals surface area contributed by atoms with Crippen LogP contribution in [-0.4, -0.2) is 23.6 Å². The second kappa shape index (κ2) is 6.58. The fourth-order valence-corrected chi connectivity index (χ4v) is 1.77. The summed E-state index contributed by atoms with van der Waals surface area (Å²) in [6.07, 6.45) is 1.54. The fraction of sp³-hybridized carbons (Fsp3) is 0.286. The number of hydrogen-bond acceptors (Lipinski definition) is 5. The Morgan fingerprint density at radius 2 is 1.84 bits per heavy atom. The topological polar surface area (TPSA) is 59.1 Å². The first-order valence-electron chi connectivity index (χ1n) is 6.25. The summed E-state index contributed by atoms with van der Waals surface area (Å²) in [4.78, 5) is 8.32. The third kappa shape index (κ3) is 3.58. The van der Waals surface area contributed by atoms with Crippen LogP contribution in [-0.2, 0) is 6.54 Å². The van der Waals surface area contributed by atoms with Crippen LogP contribution in [0.25, 0.3) is 0 Å². The van der Waals surface area contributed by atoms with E-state index in [1.807, 2.05) is 37.3 Å². The first-order chi connectivity index (χ1) is 9.33. The van der Waals surface area contributed by atoms with Gasteiger partial charge in [0.1, 0.15) is 23.7 Å². The first-order valence-corrected chi connectivity index (χ1v) is 6.25. The number of benzene rings is 1. The van der Waals surface area contributed by atoms with Gasteiger partial charge in [-0.2, -0.15) is 0 Å². The van der Waals surface area contributed by atoms with Crippen molar-refractivity contribution in [2.24, 2.45) is 0 Å². The smallest absolute Gasteiger partial charge is 0.131 e. The summed E-state index contributed by atoms with van der Waals surface area (Å²) in [5.74, 6) is 2.48. The number of rotatable bonds is 6. The van der Waals surface area contributed by atoms with E-state index in [2.05, 4.69) is 20.6 Å². The molecule has 100 valence electrons. The molecule has 5 heteroatoms. The molecule has 0 saturated heterocycles. The highest BCUT2D eigenvalue weighted by atomic mass is 16.5. The molecule has 1 heterocycles. The van der Waals surface area contributed by atoms with E-state index >= 15 is 0 Å². The van der Waals surface area contributed by atoms with E-state index in [1.54, 1.807) is 13.4 Å². The molecule has 2 rings (SSSR count). The molecule has 19 heavy (non-hydrogen) atoms. The minimum absolute atomic E-state index is 0.659. The van der Waals surface area contributed by atoms with Crippen molar-refractivity contribution in [1.29, 1.82) is 0 Å². The lowest BCUT2D eigenvalue weighted by Gasteiger charge is -2.10.